The molecule has 10 heteroatoms. The minimum atomic E-state index is -2.71. The SMILES string of the molecule is Cc1cc(C)n([Si](C)([N-]c2c(C(C)C)cccc2C(C)C)n2nc(C)cc2C)n1.[Cl][Zr]([Cl])[Cl]. The molecule has 0 radical (unpaired) electrons. The van der Waals surface area contributed by atoms with Gasteiger partial charge in [-0.3, -0.25) is 8.69 Å². The van der Waals surface area contributed by atoms with E-state index in [2.05, 4.69) is 87.1 Å². The molecule has 33 heavy (non-hydrogen) atoms. The molecule has 2 aromatic heterocycles. The Bertz CT molecular complexity index is 1000. The average Bonchev–Trinajstić information content (AvgIpc) is 3.21. The first kappa shape index (κ1) is 28.6. The van der Waals surface area contributed by atoms with Crippen molar-refractivity contribution in [3.05, 3.63) is 69.2 Å². The summed E-state index contributed by atoms with van der Waals surface area (Å²) in [5.74, 6) is 0.790. The standard InChI is InChI=1S/C23H34N5Si.3ClH.Zr/c1-15(2)21-11-10-12-22(16(3)4)23(21)26-29(9,27-19(7)13-17(5)24-27)28-20(8)14-18(6)25-28;;;;/h10-16H,1-9H3;3*1H;/q-1;;;;+3/p-3. The molecule has 0 fully saturated rings. The molecule has 5 nitrogen and oxygen atoms in total. The summed E-state index contributed by atoms with van der Waals surface area (Å²) in [6.07, 6.45) is 0. The fourth-order valence-electron chi connectivity index (χ4n) is 4.15. The summed E-state index contributed by atoms with van der Waals surface area (Å²) in [6, 6.07) is 10.8. The predicted octanol–water partition coefficient (Wildman–Crippen LogP) is 8.30. The van der Waals surface area contributed by atoms with Crippen molar-refractivity contribution in [3.8, 4) is 0 Å². The van der Waals surface area contributed by atoms with Crippen molar-refractivity contribution >= 4 is 39.8 Å². The number of rotatable bonds is 6. The number of aromatic nitrogens is 4. The fourth-order valence-corrected chi connectivity index (χ4v) is 7.36. The van der Waals surface area contributed by atoms with Crippen LogP contribution in [0.1, 0.15) is 73.4 Å². The van der Waals surface area contributed by atoms with Crippen molar-refractivity contribution in [1.82, 2.24) is 18.9 Å². The van der Waals surface area contributed by atoms with Crippen LogP contribution in [0.2, 0.25) is 6.55 Å². The number of halogens is 3. The van der Waals surface area contributed by atoms with E-state index in [9.17, 15) is 0 Å². The Kier molecular flexibility index (Phi) is 10.3. The first-order chi connectivity index (χ1) is 15.3. The van der Waals surface area contributed by atoms with Gasteiger partial charge in [0.25, 0.3) is 0 Å². The molecule has 181 valence electrons. The van der Waals surface area contributed by atoms with E-state index in [4.69, 9.17) is 40.7 Å². The van der Waals surface area contributed by atoms with Crippen LogP contribution in [0.4, 0.5) is 5.69 Å². The molecule has 0 atom stereocenters. The van der Waals surface area contributed by atoms with Gasteiger partial charge in [0, 0.05) is 11.4 Å². The first-order valence-electron chi connectivity index (χ1n) is 11.0. The summed E-state index contributed by atoms with van der Waals surface area (Å²) in [5, 5.41) is 9.76. The van der Waals surface area contributed by atoms with E-state index >= 15 is 0 Å². The molecule has 0 saturated heterocycles. The van der Waals surface area contributed by atoms with E-state index in [0.717, 1.165) is 28.5 Å². The third kappa shape index (κ3) is 6.98. The Labute approximate surface area is 218 Å². The van der Waals surface area contributed by atoms with Crippen molar-refractivity contribution in [1.29, 1.82) is 0 Å². The van der Waals surface area contributed by atoms with Crippen LogP contribution in [0.25, 0.3) is 4.98 Å². The van der Waals surface area contributed by atoms with Gasteiger partial charge in [0.2, 0.25) is 8.56 Å². The molecular weight excluding hydrogens is 572 g/mol. The molecule has 0 unspecified atom stereocenters. The van der Waals surface area contributed by atoms with Crippen LogP contribution < -0.4 is 0 Å². The number of nitrogens with zero attached hydrogens (tertiary/aromatic N) is 5. The van der Waals surface area contributed by atoms with Crippen molar-refractivity contribution in [2.75, 3.05) is 0 Å². The molecular formula is C23H34Cl3N5SiZr-. The van der Waals surface area contributed by atoms with Crippen molar-refractivity contribution < 1.29 is 18.2 Å². The molecule has 0 spiro atoms. The second kappa shape index (κ2) is 11.9. The van der Waals surface area contributed by atoms with Gasteiger partial charge in [0.15, 0.2) is 0 Å². The van der Waals surface area contributed by atoms with Crippen LogP contribution in [0, 0.1) is 27.7 Å². The zero-order valence-electron chi connectivity index (χ0n) is 20.9. The van der Waals surface area contributed by atoms with E-state index < -0.39 is 26.7 Å². The molecule has 0 amide bonds. The monoisotopic (exact) mass is 603 g/mol. The van der Waals surface area contributed by atoms with Crippen LogP contribution in [0.5, 0.6) is 0 Å². The minimum absolute atomic E-state index is 0.395. The van der Waals surface area contributed by atoms with E-state index in [0.29, 0.717) is 11.8 Å². The van der Waals surface area contributed by atoms with Gasteiger partial charge < -0.3 is 4.98 Å². The van der Waals surface area contributed by atoms with Gasteiger partial charge in [-0.1, -0.05) is 57.0 Å². The van der Waals surface area contributed by atoms with Crippen LogP contribution in [0.3, 0.4) is 0 Å². The predicted molar refractivity (Wildman–Crippen MR) is 141 cm³/mol. The van der Waals surface area contributed by atoms with Gasteiger partial charge in [0.1, 0.15) is 0 Å². The molecule has 0 aliphatic heterocycles. The summed E-state index contributed by atoms with van der Waals surface area (Å²) < 4.78 is 4.28. The van der Waals surface area contributed by atoms with Gasteiger partial charge in [-0.15, -0.1) is 5.69 Å². The summed E-state index contributed by atoms with van der Waals surface area (Å²) in [5.41, 5.74) is 7.98. The normalized spacial score (nSPS) is 11.6. The van der Waals surface area contributed by atoms with Crippen LogP contribution in [-0.4, -0.2) is 27.5 Å². The van der Waals surface area contributed by atoms with Gasteiger partial charge in [-0.2, -0.15) is 10.2 Å². The third-order valence-corrected chi connectivity index (χ3v) is 8.65. The van der Waals surface area contributed by atoms with Gasteiger partial charge in [-0.05, 0) is 58.2 Å². The van der Waals surface area contributed by atoms with Gasteiger partial charge in [0.05, 0.1) is 11.4 Å². The molecule has 3 aromatic rings. The zero-order valence-corrected chi connectivity index (χ0v) is 26.6. The second-order valence-corrected chi connectivity index (χ2v) is 23.3. The van der Waals surface area contributed by atoms with E-state index in [1.807, 2.05) is 13.8 Å². The number of hydrogen-bond acceptors (Lipinski definition) is 2. The quantitative estimate of drug-likeness (QED) is 0.265. The Morgan fingerprint density at radius 3 is 1.45 bits per heavy atom. The Morgan fingerprint density at radius 1 is 0.818 bits per heavy atom. The summed E-state index contributed by atoms with van der Waals surface area (Å²) in [4.78, 5) is 5.56. The molecule has 0 aliphatic carbocycles. The van der Waals surface area contributed by atoms with Crippen molar-refractivity contribution in [2.24, 2.45) is 0 Å². The Hall–Kier alpha value is -0.590. The number of benzene rings is 1. The van der Waals surface area contributed by atoms with Crippen LogP contribution in [-0.2, 0) is 18.2 Å². The fraction of sp³-hybridized carbons (Fsp3) is 0.478. The number of aryl methyl sites for hydroxylation is 4. The molecule has 0 saturated carbocycles. The summed E-state index contributed by atoms with van der Waals surface area (Å²) in [6.45, 7) is 19.5. The summed E-state index contributed by atoms with van der Waals surface area (Å²) in [7, 11) is 12.3. The van der Waals surface area contributed by atoms with Crippen LogP contribution >= 0.6 is 25.5 Å². The van der Waals surface area contributed by atoms with E-state index in [1.165, 1.54) is 11.1 Å². The second-order valence-electron chi connectivity index (χ2n) is 9.07. The third-order valence-electron chi connectivity index (χ3n) is 5.49. The van der Waals surface area contributed by atoms with Crippen molar-refractivity contribution in [3.63, 3.8) is 0 Å². The van der Waals surface area contributed by atoms with E-state index in [-0.39, 0.29) is 0 Å². The molecule has 0 N–H and O–H groups in total. The first-order valence-corrected chi connectivity index (χ1v) is 22.9. The molecule has 0 aliphatic rings. The van der Waals surface area contributed by atoms with E-state index in [1.54, 1.807) is 0 Å². The average molecular weight is 606 g/mol. The van der Waals surface area contributed by atoms with Crippen LogP contribution in [0.15, 0.2) is 30.3 Å². The topological polar surface area (TPSA) is 49.7 Å². The number of hydrogen-bond donors (Lipinski definition) is 0. The molecule has 0 bridgehead atoms. The molecule has 3 rings (SSSR count). The van der Waals surface area contributed by atoms with Gasteiger partial charge in [-0.25, -0.2) is 0 Å². The summed E-state index contributed by atoms with van der Waals surface area (Å²) >= 11 is -2.13. The Balaban J connectivity index is 0.000000890. The van der Waals surface area contributed by atoms with Gasteiger partial charge >= 0.3 is 43.7 Å². The van der Waals surface area contributed by atoms with Crippen molar-refractivity contribution in [2.45, 2.75) is 73.8 Å². The maximum atomic E-state index is 5.56. The molecule has 2 heterocycles. The molecule has 1 aromatic carbocycles. The zero-order chi connectivity index (χ0) is 25.1. The maximum absolute atomic E-state index is 5.56. The Morgan fingerprint density at radius 2 is 1.18 bits per heavy atom.